The molecular weight excluding hydrogens is 180 g/mol. The summed E-state index contributed by atoms with van der Waals surface area (Å²) in [6.45, 7) is 1.64. The third kappa shape index (κ3) is 3.54. The van der Waals surface area contributed by atoms with Gasteiger partial charge in [-0.3, -0.25) is 0 Å². The first kappa shape index (κ1) is 10.2. The van der Waals surface area contributed by atoms with Crippen molar-refractivity contribution in [1.82, 2.24) is 0 Å². The van der Waals surface area contributed by atoms with E-state index in [1.54, 1.807) is 18.7 Å². The lowest BCUT2D eigenvalue weighted by atomic mass is 10.2. The van der Waals surface area contributed by atoms with Gasteiger partial charge < -0.3 is 5.11 Å². The van der Waals surface area contributed by atoms with Gasteiger partial charge in [0.15, 0.2) is 0 Å². The Morgan fingerprint density at radius 3 is 2.62 bits per heavy atom. The van der Waals surface area contributed by atoms with E-state index < -0.39 is 5.60 Å². The number of terminal acetylenes is 1. The minimum Gasteiger partial charge on any atom is -0.377 e. The maximum atomic E-state index is 9.53. The zero-order chi connectivity index (χ0) is 9.73. The van der Waals surface area contributed by atoms with Crippen molar-refractivity contribution in [1.29, 1.82) is 0 Å². The average Bonchev–Trinajstić information content (AvgIpc) is 2.17. The number of thioether (sulfide) groups is 1. The van der Waals surface area contributed by atoms with Crippen molar-refractivity contribution in [3.05, 3.63) is 30.3 Å². The van der Waals surface area contributed by atoms with Gasteiger partial charge >= 0.3 is 0 Å². The van der Waals surface area contributed by atoms with Crippen LogP contribution < -0.4 is 0 Å². The smallest absolute Gasteiger partial charge is 0.131 e. The number of rotatable bonds is 3. The molecule has 0 radical (unpaired) electrons. The Balaban J connectivity index is 2.50. The molecule has 0 spiro atoms. The Bertz CT molecular complexity index is 298. The van der Waals surface area contributed by atoms with E-state index >= 15 is 0 Å². The second kappa shape index (κ2) is 4.36. The quantitative estimate of drug-likeness (QED) is 0.585. The summed E-state index contributed by atoms with van der Waals surface area (Å²) in [5.74, 6) is 2.87. The van der Waals surface area contributed by atoms with Crippen LogP contribution >= 0.6 is 11.8 Å². The van der Waals surface area contributed by atoms with Gasteiger partial charge in [0.05, 0.1) is 0 Å². The molecule has 0 saturated carbocycles. The van der Waals surface area contributed by atoms with E-state index in [0.29, 0.717) is 5.75 Å². The van der Waals surface area contributed by atoms with Gasteiger partial charge in [0.25, 0.3) is 0 Å². The third-order valence-corrected chi connectivity index (χ3v) is 2.89. The van der Waals surface area contributed by atoms with Crippen molar-refractivity contribution in [2.75, 3.05) is 5.75 Å². The van der Waals surface area contributed by atoms with Gasteiger partial charge in [0.1, 0.15) is 5.60 Å². The highest BCUT2D eigenvalue weighted by Gasteiger charge is 2.15. The van der Waals surface area contributed by atoms with Crippen molar-refractivity contribution in [3.63, 3.8) is 0 Å². The molecule has 0 amide bonds. The van der Waals surface area contributed by atoms with Gasteiger partial charge in [-0.2, -0.15) is 0 Å². The molecule has 1 nitrogen and oxygen atoms in total. The first-order chi connectivity index (χ1) is 6.14. The topological polar surface area (TPSA) is 20.2 Å². The standard InChI is InChI=1S/C11H12OS/c1-3-11(2,12)9-13-10-7-5-4-6-8-10/h1,4-8,12H,9H2,2H3. The number of hydrogen-bond acceptors (Lipinski definition) is 2. The van der Waals surface area contributed by atoms with E-state index in [2.05, 4.69) is 5.92 Å². The van der Waals surface area contributed by atoms with Crippen LogP contribution in [0.3, 0.4) is 0 Å². The Kier molecular flexibility index (Phi) is 3.41. The van der Waals surface area contributed by atoms with Crippen molar-refractivity contribution in [3.8, 4) is 12.3 Å². The zero-order valence-electron chi connectivity index (χ0n) is 7.53. The number of hydrogen-bond donors (Lipinski definition) is 1. The molecule has 0 aliphatic carbocycles. The van der Waals surface area contributed by atoms with Crippen LogP contribution in [0.1, 0.15) is 6.92 Å². The molecule has 0 aliphatic heterocycles. The molecule has 1 aromatic carbocycles. The van der Waals surface area contributed by atoms with Gasteiger partial charge in [-0.05, 0) is 19.1 Å². The Hall–Kier alpha value is -0.910. The summed E-state index contributed by atoms with van der Waals surface area (Å²) in [4.78, 5) is 1.12. The molecule has 1 N–H and O–H groups in total. The fourth-order valence-electron chi connectivity index (χ4n) is 0.782. The van der Waals surface area contributed by atoms with Crippen molar-refractivity contribution < 1.29 is 5.11 Å². The lowest BCUT2D eigenvalue weighted by molar-refractivity contribution is 0.149. The summed E-state index contributed by atoms with van der Waals surface area (Å²) >= 11 is 1.56. The zero-order valence-corrected chi connectivity index (χ0v) is 8.34. The van der Waals surface area contributed by atoms with E-state index in [-0.39, 0.29) is 0 Å². The molecule has 1 aromatic rings. The highest BCUT2D eigenvalue weighted by atomic mass is 32.2. The predicted octanol–water partition coefficient (Wildman–Crippen LogP) is 2.16. The number of aliphatic hydroxyl groups is 1. The van der Waals surface area contributed by atoms with Gasteiger partial charge in [-0.1, -0.05) is 24.1 Å². The first-order valence-electron chi connectivity index (χ1n) is 4.02. The van der Waals surface area contributed by atoms with Crippen LogP contribution in [0, 0.1) is 12.3 Å². The largest absolute Gasteiger partial charge is 0.377 e. The summed E-state index contributed by atoms with van der Waals surface area (Å²) in [5.41, 5.74) is -1.01. The lowest BCUT2D eigenvalue weighted by Gasteiger charge is -2.14. The van der Waals surface area contributed by atoms with Crippen LogP contribution in [0.5, 0.6) is 0 Å². The fraction of sp³-hybridized carbons (Fsp3) is 0.273. The third-order valence-electron chi connectivity index (χ3n) is 1.57. The molecule has 13 heavy (non-hydrogen) atoms. The van der Waals surface area contributed by atoms with Crippen LogP contribution in [-0.2, 0) is 0 Å². The van der Waals surface area contributed by atoms with Gasteiger partial charge in [0.2, 0.25) is 0 Å². The molecule has 0 fully saturated rings. The van der Waals surface area contributed by atoms with Crippen molar-refractivity contribution >= 4 is 11.8 Å². The van der Waals surface area contributed by atoms with Crippen LogP contribution in [0.25, 0.3) is 0 Å². The molecule has 0 aromatic heterocycles. The number of benzene rings is 1. The summed E-state index contributed by atoms with van der Waals surface area (Å²) in [6, 6.07) is 9.89. The molecule has 1 rings (SSSR count). The van der Waals surface area contributed by atoms with E-state index in [1.165, 1.54) is 0 Å². The first-order valence-corrected chi connectivity index (χ1v) is 5.00. The predicted molar refractivity (Wildman–Crippen MR) is 56.6 cm³/mol. The van der Waals surface area contributed by atoms with E-state index in [9.17, 15) is 5.11 Å². The molecule has 1 unspecified atom stereocenters. The van der Waals surface area contributed by atoms with Crippen LogP contribution in [-0.4, -0.2) is 16.5 Å². The Morgan fingerprint density at radius 1 is 1.46 bits per heavy atom. The second-order valence-electron chi connectivity index (χ2n) is 3.02. The molecule has 0 saturated heterocycles. The molecule has 0 heterocycles. The van der Waals surface area contributed by atoms with Crippen LogP contribution in [0.15, 0.2) is 35.2 Å². The van der Waals surface area contributed by atoms with Crippen LogP contribution in [0.2, 0.25) is 0 Å². The molecule has 0 bridgehead atoms. The molecule has 2 heteroatoms. The highest BCUT2D eigenvalue weighted by molar-refractivity contribution is 7.99. The summed E-state index contributed by atoms with van der Waals surface area (Å²) < 4.78 is 0. The van der Waals surface area contributed by atoms with Gasteiger partial charge in [-0.15, -0.1) is 18.2 Å². The minimum atomic E-state index is -1.01. The average molecular weight is 192 g/mol. The van der Waals surface area contributed by atoms with E-state index in [0.717, 1.165) is 4.90 Å². The lowest BCUT2D eigenvalue weighted by Crippen LogP contribution is -2.24. The molecule has 68 valence electrons. The maximum absolute atomic E-state index is 9.53. The van der Waals surface area contributed by atoms with Crippen molar-refractivity contribution in [2.24, 2.45) is 0 Å². The summed E-state index contributed by atoms with van der Waals surface area (Å²) in [5, 5.41) is 9.53. The molecule has 1 atom stereocenters. The normalized spacial score (nSPS) is 14.5. The Morgan fingerprint density at radius 2 is 2.08 bits per heavy atom. The summed E-state index contributed by atoms with van der Waals surface area (Å²) in [6.07, 6.45) is 5.16. The fourth-order valence-corrected chi connectivity index (χ4v) is 1.66. The van der Waals surface area contributed by atoms with Crippen LogP contribution in [0.4, 0.5) is 0 Å². The molecular formula is C11H12OS. The van der Waals surface area contributed by atoms with E-state index in [1.807, 2.05) is 30.3 Å². The summed E-state index contributed by atoms with van der Waals surface area (Å²) in [7, 11) is 0. The Labute approximate surface area is 83.2 Å². The monoisotopic (exact) mass is 192 g/mol. The van der Waals surface area contributed by atoms with E-state index in [4.69, 9.17) is 6.42 Å². The SMILES string of the molecule is C#CC(C)(O)CSc1ccccc1. The highest BCUT2D eigenvalue weighted by Crippen LogP contribution is 2.21. The van der Waals surface area contributed by atoms with Gasteiger partial charge in [0, 0.05) is 10.6 Å². The second-order valence-corrected chi connectivity index (χ2v) is 4.07. The maximum Gasteiger partial charge on any atom is 0.131 e. The minimum absolute atomic E-state index is 0.521. The molecule has 0 aliphatic rings. The van der Waals surface area contributed by atoms with Gasteiger partial charge in [-0.25, -0.2) is 0 Å². The van der Waals surface area contributed by atoms with Crippen molar-refractivity contribution in [2.45, 2.75) is 17.4 Å².